The molecular formula is C8H10BrFN2O2S. The van der Waals surface area contributed by atoms with Crippen molar-refractivity contribution < 1.29 is 13.9 Å². The first kappa shape index (κ1) is 12.4. The fraction of sp³-hybridized carbons (Fsp3) is 0.500. The van der Waals surface area contributed by atoms with Crippen LogP contribution >= 0.6 is 27.5 Å². The van der Waals surface area contributed by atoms with Crippen LogP contribution in [0.5, 0.6) is 0 Å². The molecule has 0 radical (unpaired) electrons. The molecule has 1 amide bonds. The molecule has 0 fully saturated rings. The van der Waals surface area contributed by atoms with Crippen molar-refractivity contribution >= 4 is 33.6 Å². The Bertz CT molecular complexity index is 321. The topological polar surface area (TPSA) is 51.2 Å². The number of alkyl carbamates (subject to hydrolysis) is 1. The third-order valence-electron chi connectivity index (χ3n) is 1.50. The summed E-state index contributed by atoms with van der Waals surface area (Å²) in [6.07, 6.45) is 1.36. The van der Waals surface area contributed by atoms with E-state index in [2.05, 4.69) is 25.6 Å². The van der Waals surface area contributed by atoms with Gasteiger partial charge in [0.15, 0.2) is 0 Å². The zero-order chi connectivity index (χ0) is 11.1. The molecule has 1 N–H and O–H groups in total. The number of hydrogen-bond acceptors (Lipinski definition) is 4. The molecular weight excluding hydrogens is 287 g/mol. The number of nitrogens with one attached hydrogen (secondary N) is 1. The van der Waals surface area contributed by atoms with Crippen molar-refractivity contribution in [3.8, 4) is 0 Å². The number of aromatic nitrogens is 1. The molecule has 0 aliphatic rings. The summed E-state index contributed by atoms with van der Waals surface area (Å²) >= 11 is 4.58. The number of halogens is 2. The number of ether oxygens (including phenoxy) is 1. The number of carbonyl (C=O) groups excluding carboxylic acids is 1. The van der Waals surface area contributed by atoms with Crippen molar-refractivity contribution in [2.24, 2.45) is 0 Å². The Morgan fingerprint density at radius 2 is 2.53 bits per heavy atom. The highest BCUT2D eigenvalue weighted by Gasteiger charge is 2.05. The van der Waals surface area contributed by atoms with Crippen LogP contribution in [0.1, 0.15) is 11.3 Å². The van der Waals surface area contributed by atoms with Crippen LogP contribution in [0.15, 0.2) is 10.7 Å². The molecule has 0 aromatic carbocycles. The van der Waals surface area contributed by atoms with Crippen LogP contribution in [-0.4, -0.2) is 23.7 Å². The van der Waals surface area contributed by atoms with Crippen LogP contribution in [0, 0.1) is 0 Å². The van der Waals surface area contributed by atoms with Gasteiger partial charge in [-0.2, -0.15) is 4.37 Å². The summed E-state index contributed by atoms with van der Waals surface area (Å²) in [5.41, 5.74) is 0. The standard InChI is InChI=1S/C8H10BrFN2O2S/c9-6-4-12-15-7(6)5-11-8(13)14-3-1-2-10/h4H,1-3,5H2,(H,11,13). The lowest BCUT2D eigenvalue weighted by molar-refractivity contribution is 0.141. The summed E-state index contributed by atoms with van der Waals surface area (Å²) in [6.45, 7) is -0.0143. The molecule has 4 nitrogen and oxygen atoms in total. The fourth-order valence-corrected chi connectivity index (χ4v) is 1.95. The molecule has 1 aromatic rings. The minimum absolute atomic E-state index is 0.103. The summed E-state index contributed by atoms with van der Waals surface area (Å²) in [4.78, 5) is 12.0. The normalized spacial score (nSPS) is 10.0. The predicted molar refractivity (Wildman–Crippen MR) is 58.6 cm³/mol. The zero-order valence-corrected chi connectivity index (χ0v) is 10.2. The van der Waals surface area contributed by atoms with Crippen LogP contribution < -0.4 is 5.32 Å². The van der Waals surface area contributed by atoms with Crippen LogP contribution in [0.3, 0.4) is 0 Å². The molecule has 0 spiro atoms. The molecule has 1 heterocycles. The number of hydrogen-bond donors (Lipinski definition) is 1. The molecule has 0 unspecified atom stereocenters. The Labute approximate surface area is 99.1 Å². The largest absolute Gasteiger partial charge is 0.449 e. The average molecular weight is 297 g/mol. The van der Waals surface area contributed by atoms with Crippen LogP contribution in [0.25, 0.3) is 0 Å². The second kappa shape index (κ2) is 6.73. The maximum Gasteiger partial charge on any atom is 0.407 e. The highest BCUT2D eigenvalue weighted by Crippen LogP contribution is 2.19. The minimum Gasteiger partial charge on any atom is -0.449 e. The van der Waals surface area contributed by atoms with Gasteiger partial charge in [-0.05, 0) is 27.5 Å². The Hall–Kier alpha value is -0.690. The van der Waals surface area contributed by atoms with Gasteiger partial charge < -0.3 is 10.1 Å². The summed E-state index contributed by atoms with van der Waals surface area (Å²) in [6, 6.07) is 0. The second-order valence-corrected chi connectivity index (χ2v) is 4.37. The maximum atomic E-state index is 11.7. The molecule has 7 heteroatoms. The van der Waals surface area contributed by atoms with Gasteiger partial charge in [0.1, 0.15) is 0 Å². The smallest absolute Gasteiger partial charge is 0.407 e. The second-order valence-electron chi connectivity index (χ2n) is 2.63. The summed E-state index contributed by atoms with van der Waals surface area (Å²) in [5, 5.41) is 2.54. The predicted octanol–water partition coefficient (Wildman–Crippen LogP) is 2.49. The zero-order valence-electron chi connectivity index (χ0n) is 7.83. The van der Waals surface area contributed by atoms with E-state index in [1.807, 2.05) is 0 Å². The quantitative estimate of drug-likeness (QED) is 0.850. The van der Waals surface area contributed by atoms with E-state index in [1.54, 1.807) is 6.20 Å². The molecule has 0 aliphatic heterocycles. The van der Waals surface area contributed by atoms with E-state index in [4.69, 9.17) is 4.74 Å². The lowest BCUT2D eigenvalue weighted by Gasteiger charge is -2.04. The molecule has 84 valence electrons. The molecule has 1 rings (SSSR count). The number of rotatable bonds is 5. The van der Waals surface area contributed by atoms with Gasteiger partial charge in [0.05, 0.1) is 35.4 Å². The van der Waals surface area contributed by atoms with E-state index in [9.17, 15) is 9.18 Å². The first-order chi connectivity index (χ1) is 7.24. The Morgan fingerprint density at radius 1 is 1.73 bits per heavy atom. The third kappa shape index (κ3) is 4.57. The van der Waals surface area contributed by atoms with E-state index in [1.165, 1.54) is 11.5 Å². The van der Waals surface area contributed by atoms with Crippen molar-refractivity contribution in [2.75, 3.05) is 13.3 Å². The molecule has 0 bridgehead atoms. The van der Waals surface area contributed by atoms with Gasteiger partial charge in [0, 0.05) is 6.42 Å². The van der Waals surface area contributed by atoms with Gasteiger partial charge in [-0.25, -0.2) is 4.79 Å². The average Bonchev–Trinajstić information content (AvgIpc) is 2.61. The lowest BCUT2D eigenvalue weighted by Crippen LogP contribution is -2.23. The van der Waals surface area contributed by atoms with Crippen molar-refractivity contribution in [1.29, 1.82) is 0 Å². The Kier molecular flexibility index (Phi) is 5.56. The van der Waals surface area contributed by atoms with Crippen LogP contribution in [-0.2, 0) is 11.3 Å². The van der Waals surface area contributed by atoms with E-state index >= 15 is 0 Å². The first-order valence-electron chi connectivity index (χ1n) is 4.29. The summed E-state index contributed by atoms with van der Waals surface area (Å²) in [7, 11) is 0. The van der Waals surface area contributed by atoms with Gasteiger partial charge in [-0.3, -0.25) is 4.39 Å². The maximum absolute atomic E-state index is 11.7. The first-order valence-corrected chi connectivity index (χ1v) is 5.86. The Morgan fingerprint density at radius 3 is 3.13 bits per heavy atom. The third-order valence-corrected chi connectivity index (χ3v) is 3.24. The van der Waals surface area contributed by atoms with Crippen molar-refractivity contribution in [3.05, 3.63) is 15.5 Å². The van der Waals surface area contributed by atoms with Gasteiger partial charge in [-0.15, -0.1) is 0 Å². The molecule has 0 atom stereocenters. The lowest BCUT2D eigenvalue weighted by atomic mass is 10.5. The number of amides is 1. The van der Waals surface area contributed by atoms with E-state index in [0.717, 1.165) is 9.35 Å². The SMILES string of the molecule is O=C(NCc1sncc1Br)OCCCF. The summed E-state index contributed by atoms with van der Waals surface area (Å²) in [5.74, 6) is 0. The fourth-order valence-electron chi connectivity index (χ4n) is 0.791. The van der Waals surface area contributed by atoms with Crippen molar-refractivity contribution in [1.82, 2.24) is 9.69 Å². The Balaban J connectivity index is 2.20. The number of carbonyl (C=O) groups is 1. The van der Waals surface area contributed by atoms with Crippen LogP contribution in [0.2, 0.25) is 0 Å². The molecule has 0 aliphatic carbocycles. The highest BCUT2D eigenvalue weighted by atomic mass is 79.9. The summed E-state index contributed by atoms with van der Waals surface area (Å²) < 4.78 is 21.2. The van der Waals surface area contributed by atoms with Gasteiger partial charge in [0.2, 0.25) is 0 Å². The van der Waals surface area contributed by atoms with Crippen molar-refractivity contribution in [2.45, 2.75) is 13.0 Å². The van der Waals surface area contributed by atoms with Gasteiger partial charge in [0.25, 0.3) is 0 Å². The minimum atomic E-state index is -0.538. The van der Waals surface area contributed by atoms with Crippen LogP contribution in [0.4, 0.5) is 9.18 Å². The van der Waals surface area contributed by atoms with Crippen molar-refractivity contribution in [3.63, 3.8) is 0 Å². The molecule has 0 saturated carbocycles. The van der Waals surface area contributed by atoms with Gasteiger partial charge >= 0.3 is 6.09 Å². The van der Waals surface area contributed by atoms with E-state index in [0.29, 0.717) is 6.54 Å². The molecule has 0 saturated heterocycles. The van der Waals surface area contributed by atoms with E-state index < -0.39 is 12.8 Å². The molecule has 1 aromatic heterocycles. The molecule has 15 heavy (non-hydrogen) atoms. The highest BCUT2D eigenvalue weighted by molar-refractivity contribution is 9.10. The monoisotopic (exact) mass is 296 g/mol. The van der Waals surface area contributed by atoms with E-state index in [-0.39, 0.29) is 13.0 Å². The number of alkyl halides is 1. The number of nitrogens with zero attached hydrogens (tertiary/aromatic N) is 1. The van der Waals surface area contributed by atoms with Gasteiger partial charge in [-0.1, -0.05) is 0 Å².